The Hall–Kier alpha value is -3.15. The molecule has 1 heterocycles. The van der Waals surface area contributed by atoms with Gasteiger partial charge in [-0.2, -0.15) is 0 Å². The zero-order valence-corrected chi connectivity index (χ0v) is 13.1. The molecule has 0 saturated heterocycles. The first-order valence-corrected chi connectivity index (χ1v) is 7.48. The average Bonchev–Trinajstić information content (AvgIpc) is 2.92. The minimum absolute atomic E-state index is 0.0242. The molecule has 0 saturated carbocycles. The van der Waals surface area contributed by atoms with Crippen molar-refractivity contribution >= 4 is 29.0 Å². The van der Waals surface area contributed by atoms with Crippen LogP contribution < -0.4 is 15.4 Å². The van der Waals surface area contributed by atoms with E-state index in [2.05, 4.69) is 10.6 Å². The van der Waals surface area contributed by atoms with E-state index in [1.807, 2.05) is 0 Å². The van der Waals surface area contributed by atoms with Crippen LogP contribution in [0, 0.1) is 0 Å². The lowest BCUT2D eigenvalue weighted by Gasteiger charge is -2.09. The summed E-state index contributed by atoms with van der Waals surface area (Å²) in [5.74, 6) is 0.136. The first kappa shape index (κ1) is 15.7. The molecule has 0 unspecified atom stereocenters. The van der Waals surface area contributed by atoms with Crippen molar-refractivity contribution in [3.63, 3.8) is 0 Å². The van der Waals surface area contributed by atoms with Gasteiger partial charge in [0.2, 0.25) is 5.91 Å². The number of benzene rings is 2. The molecule has 1 aliphatic heterocycles. The zero-order chi connectivity index (χ0) is 17.1. The predicted octanol–water partition coefficient (Wildman–Crippen LogP) is 2.40. The van der Waals surface area contributed by atoms with Crippen molar-refractivity contribution in [2.45, 2.75) is 13.3 Å². The van der Waals surface area contributed by atoms with Crippen LogP contribution in [0.4, 0.5) is 11.4 Å². The van der Waals surface area contributed by atoms with E-state index in [9.17, 15) is 14.4 Å². The Morgan fingerprint density at radius 3 is 2.62 bits per heavy atom. The number of ether oxygens (including phenoxy) is 1. The second-order valence-corrected chi connectivity index (χ2v) is 5.51. The van der Waals surface area contributed by atoms with Gasteiger partial charge in [0, 0.05) is 16.9 Å². The number of nitrogens with one attached hydrogen (secondary N) is 2. The Labute approximate surface area is 138 Å². The third-order valence-electron chi connectivity index (χ3n) is 3.64. The molecule has 0 fully saturated rings. The fourth-order valence-corrected chi connectivity index (χ4v) is 2.44. The van der Waals surface area contributed by atoms with Gasteiger partial charge < -0.3 is 15.4 Å². The molecule has 24 heavy (non-hydrogen) atoms. The minimum Gasteiger partial charge on any atom is -0.484 e. The normalized spacial score (nSPS) is 12.3. The number of hydrogen-bond donors (Lipinski definition) is 2. The highest BCUT2D eigenvalue weighted by Crippen LogP contribution is 2.25. The van der Waals surface area contributed by atoms with Crippen LogP contribution in [0.5, 0.6) is 5.75 Å². The lowest BCUT2D eigenvalue weighted by atomic mass is 10.1. The van der Waals surface area contributed by atoms with Gasteiger partial charge in [0.25, 0.3) is 5.91 Å². The summed E-state index contributed by atoms with van der Waals surface area (Å²) >= 11 is 0. The Morgan fingerprint density at radius 2 is 1.92 bits per heavy atom. The summed E-state index contributed by atoms with van der Waals surface area (Å²) in [6.07, 6.45) is 0.318. The van der Waals surface area contributed by atoms with E-state index in [4.69, 9.17) is 4.74 Å². The van der Waals surface area contributed by atoms with Crippen molar-refractivity contribution < 1.29 is 19.1 Å². The van der Waals surface area contributed by atoms with Gasteiger partial charge in [-0.3, -0.25) is 14.4 Å². The quantitative estimate of drug-likeness (QED) is 0.827. The molecule has 0 aliphatic carbocycles. The molecule has 2 aromatic rings. The molecule has 6 nitrogen and oxygen atoms in total. The number of hydrogen-bond acceptors (Lipinski definition) is 4. The molecule has 3 rings (SSSR count). The van der Waals surface area contributed by atoms with Crippen LogP contribution >= 0.6 is 0 Å². The molecule has 2 N–H and O–H groups in total. The monoisotopic (exact) mass is 324 g/mol. The van der Waals surface area contributed by atoms with E-state index in [-0.39, 0.29) is 24.2 Å². The smallest absolute Gasteiger partial charge is 0.262 e. The van der Waals surface area contributed by atoms with Gasteiger partial charge in [0.1, 0.15) is 5.75 Å². The third kappa shape index (κ3) is 3.60. The van der Waals surface area contributed by atoms with Crippen LogP contribution in [0.15, 0.2) is 42.5 Å². The molecule has 6 heteroatoms. The standard InChI is InChI=1S/C18H16N2O4/c1-11(21)12-2-5-15(6-3-12)24-10-18(23)19-14-4-7-16-13(8-14)9-17(22)20-16/h2-8H,9-10H2,1H3,(H,19,23)(H,20,22). The molecule has 122 valence electrons. The third-order valence-corrected chi connectivity index (χ3v) is 3.64. The second-order valence-electron chi connectivity index (χ2n) is 5.51. The van der Waals surface area contributed by atoms with Crippen LogP contribution in [0.25, 0.3) is 0 Å². The molecule has 0 aromatic heterocycles. The summed E-state index contributed by atoms with van der Waals surface area (Å²) < 4.78 is 5.39. The lowest BCUT2D eigenvalue weighted by molar-refractivity contribution is -0.118. The molecule has 2 amide bonds. The van der Waals surface area contributed by atoms with E-state index in [0.717, 1.165) is 11.3 Å². The van der Waals surface area contributed by atoms with E-state index in [1.165, 1.54) is 6.92 Å². The highest BCUT2D eigenvalue weighted by Gasteiger charge is 2.17. The van der Waals surface area contributed by atoms with E-state index in [0.29, 0.717) is 23.4 Å². The molecule has 0 spiro atoms. The number of carbonyl (C=O) groups excluding carboxylic acids is 3. The van der Waals surface area contributed by atoms with Crippen molar-refractivity contribution in [2.24, 2.45) is 0 Å². The maximum Gasteiger partial charge on any atom is 0.262 e. The fraction of sp³-hybridized carbons (Fsp3) is 0.167. The summed E-state index contributed by atoms with van der Waals surface area (Å²) in [7, 11) is 0. The summed E-state index contributed by atoms with van der Waals surface area (Å²) in [6, 6.07) is 11.9. The van der Waals surface area contributed by atoms with Gasteiger partial charge in [0.15, 0.2) is 12.4 Å². The largest absolute Gasteiger partial charge is 0.484 e. The van der Waals surface area contributed by atoms with Gasteiger partial charge in [-0.1, -0.05) is 0 Å². The summed E-state index contributed by atoms with van der Waals surface area (Å²) in [6.45, 7) is 1.34. The molecule has 0 bridgehead atoms. The zero-order valence-electron chi connectivity index (χ0n) is 13.1. The average molecular weight is 324 g/mol. The van der Waals surface area contributed by atoms with E-state index >= 15 is 0 Å². The number of fused-ring (bicyclic) bond motifs is 1. The van der Waals surface area contributed by atoms with Gasteiger partial charge >= 0.3 is 0 Å². The highest BCUT2D eigenvalue weighted by molar-refractivity contribution is 6.00. The van der Waals surface area contributed by atoms with E-state index in [1.54, 1.807) is 42.5 Å². The number of ketones is 1. The number of anilines is 2. The predicted molar refractivity (Wildman–Crippen MR) is 89.3 cm³/mol. The SMILES string of the molecule is CC(=O)c1ccc(OCC(=O)Nc2ccc3c(c2)CC(=O)N3)cc1. The first-order valence-electron chi connectivity index (χ1n) is 7.48. The molecule has 1 aliphatic rings. The fourth-order valence-electron chi connectivity index (χ4n) is 2.44. The van der Waals surface area contributed by atoms with Gasteiger partial charge in [-0.05, 0) is 55.0 Å². The summed E-state index contributed by atoms with van der Waals surface area (Å²) in [5.41, 5.74) is 2.84. The Kier molecular flexibility index (Phi) is 4.29. The molecular weight excluding hydrogens is 308 g/mol. The summed E-state index contributed by atoms with van der Waals surface area (Å²) in [4.78, 5) is 34.5. The molecule has 0 radical (unpaired) electrons. The van der Waals surface area contributed by atoms with Crippen molar-refractivity contribution in [3.8, 4) is 5.75 Å². The van der Waals surface area contributed by atoms with Crippen LogP contribution in [-0.2, 0) is 16.0 Å². The maximum atomic E-state index is 12.0. The van der Waals surface area contributed by atoms with Gasteiger partial charge in [0.05, 0.1) is 6.42 Å². The van der Waals surface area contributed by atoms with Gasteiger partial charge in [-0.15, -0.1) is 0 Å². The Morgan fingerprint density at radius 1 is 1.17 bits per heavy atom. The van der Waals surface area contributed by atoms with Crippen LogP contribution in [0.1, 0.15) is 22.8 Å². The van der Waals surface area contributed by atoms with Crippen LogP contribution in [0.2, 0.25) is 0 Å². The topological polar surface area (TPSA) is 84.5 Å². The molecule has 0 atom stereocenters. The summed E-state index contributed by atoms with van der Waals surface area (Å²) in [5, 5.41) is 5.47. The van der Waals surface area contributed by atoms with Crippen LogP contribution in [-0.4, -0.2) is 24.2 Å². The lowest BCUT2D eigenvalue weighted by Crippen LogP contribution is -2.20. The number of carbonyl (C=O) groups is 3. The second kappa shape index (κ2) is 6.54. The number of rotatable bonds is 5. The Bertz CT molecular complexity index is 812. The van der Waals surface area contributed by atoms with E-state index < -0.39 is 0 Å². The van der Waals surface area contributed by atoms with Crippen molar-refractivity contribution in [1.82, 2.24) is 0 Å². The number of amides is 2. The maximum absolute atomic E-state index is 12.0. The number of Topliss-reactive ketones (excluding diaryl/α,β-unsaturated/α-hetero) is 1. The highest BCUT2D eigenvalue weighted by atomic mass is 16.5. The van der Waals surface area contributed by atoms with Crippen molar-refractivity contribution in [2.75, 3.05) is 17.2 Å². The Balaban J connectivity index is 1.55. The van der Waals surface area contributed by atoms with Crippen molar-refractivity contribution in [1.29, 1.82) is 0 Å². The molecule has 2 aromatic carbocycles. The minimum atomic E-state index is -0.303. The van der Waals surface area contributed by atoms with Crippen LogP contribution in [0.3, 0.4) is 0 Å². The van der Waals surface area contributed by atoms with Crippen molar-refractivity contribution in [3.05, 3.63) is 53.6 Å². The molecular formula is C18H16N2O4. The van der Waals surface area contributed by atoms with Gasteiger partial charge in [-0.25, -0.2) is 0 Å². The first-order chi connectivity index (χ1) is 11.5.